The standard InChI is InChI=1S/C15H25NO2S/c1-3-4-8-18-10-14(17)11-19-15-7-5-6-13(9-15)12(2)16/h5-7,9,12,14,17H,3-4,8,10-11,16H2,1-2H3. The SMILES string of the molecule is CCCCOCC(O)CSc1cccc(C(C)N)c1. The fraction of sp³-hybridized carbons (Fsp3) is 0.600. The van der Waals surface area contributed by atoms with Gasteiger partial charge in [0.2, 0.25) is 0 Å². The van der Waals surface area contributed by atoms with Crippen molar-refractivity contribution >= 4 is 11.8 Å². The Morgan fingerprint density at radius 3 is 2.89 bits per heavy atom. The largest absolute Gasteiger partial charge is 0.390 e. The molecule has 0 aromatic heterocycles. The van der Waals surface area contributed by atoms with Crippen molar-refractivity contribution in [3.63, 3.8) is 0 Å². The topological polar surface area (TPSA) is 55.5 Å². The summed E-state index contributed by atoms with van der Waals surface area (Å²) in [4.78, 5) is 1.14. The van der Waals surface area contributed by atoms with Crippen LogP contribution in [-0.2, 0) is 4.74 Å². The van der Waals surface area contributed by atoms with Crippen molar-refractivity contribution < 1.29 is 9.84 Å². The summed E-state index contributed by atoms with van der Waals surface area (Å²) in [5.41, 5.74) is 6.98. The minimum atomic E-state index is -0.416. The minimum Gasteiger partial charge on any atom is -0.390 e. The van der Waals surface area contributed by atoms with Gasteiger partial charge >= 0.3 is 0 Å². The molecular formula is C15H25NO2S. The van der Waals surface area contributed by atoms with Crippen LogP contribution in [0.4, 0.5) is 0 Å². The fourth-order valence-corrected chi connectivity index (χ4v) is 2.47. The maximum atomic E-state index is 9.82. The molecule has 0 fully saturated rings. The highest BCUT2D eigenvalue weighted by Crippen LogP contribution is 2.22. The average Bonchev–Trinajstić information content (AvgIpc) is 2.41. The molecule has 0 saturated carbocycles. The van der Waals surface area contributed by atoms with E-state index in [1.807, 2.05) is 25.1 Å². The van der Waals surface area contributed by atoms with Crippen molar-refractivity contribution in [2.45, 2.75) is 43.7 Å². The maximum absolute atomic E-state index is 9.82. The monoisotopic (exact) mass is 283 g/mol. The van der Waals surface area contributed by atoms with Crippen molar-refractivity contribution in [3.05, 3.63) is 29.8 Å². The number of unbranched alkanes of at least 4 members (excludes halogenated alkanes) is 1. The van der Waals surface area contributed by atoms with Gasteiger partial charge in [0.05, 0.1) is 12.7 Å². The van der Waals surface area contributed by atoms with Crippen LogP contribution in [0.15, 0.2) is 29.2 Å². The third-order valence-electron chi connectivity index (χ3n) is 2.78. The molecule has 4 heteroatoms. The Morgan fingerprint density at radius 2 is 2.21 bits per heavy atom. The molecule has 1 aromatic rings. The predicted octanol–water partition coefficient (Wildman–Crippen LogP) is 2.98. The molecule has 1 aromatic carbocycles. The Labute approximate surface area is 120 Å². The van der Waals surface area contributed by atoms with E-state index in [9.17, 15) is 5.11 Å². The molecule has 2 atom stereocenters. The summed E-state index contributed by atoms with van der Waals surface area (Å²) >= 11 is 1.64. The number of nitrogens with two attached hydrogens (primary N) is 1. The van der Waals surface area contributed by atoms with E-state index in [1.165, 1.54) is 0 Å². The smallest absolute Gasteiger partial charge is 0.0867 e. The number of ether oxygens (including phenoxy) is 1. The van der Waals surface area contributed by atoms with Crippen LogP contribution in [0.5, 0.6) is 0 Å². The molecule has 0 heterocycles. The van der Waals surface area contributed by atoms with E-state index >= 15 is 0 Å². The van der Waals surface area contributed by atoms with Crippen LogP contribution in [0.2, 0.25) is 0 Å². The molecule has 0 spiro atoms. The lowest BCUT2D eigenvalue weighted by Crippen LogP contribution is -2.18. The molecule has 19 heavy (non-hydrogen) atoms. The zero-order chi connectivity index (χ0) is 14.1. The summed E-state index contributed by atoms with van der Waals surface area (Å²) in [6, 6.07) is 8.20. The molecule has 0 aliphatic carbocycles. The number of hydrogen-bond donors (Lipinski definition) is 2. The van der Waals surface area contributed by atoms with Crippen LogP contribution in [0.3, 0.4) is 0 Å². The molecule has 3 N–H and O–H groups in total. The number of thioether (sulfide) groups is 1. The zero-order valence-electron chi connectivity index (χ0n) is 11.8. The second kappa shape index (κ2) is 9.37. The van der Waals surface area contributed by atoms with Gasteiger partial charge in [-0.25, -0.2) is 0 Å². The minimum absolute atomic E-state index is 0.0443. The van der Waals surface area contributed by atoms with Crippen molar-refractivity contribution in [2.75, 3.05) is 19.0 Å². The molecule has 1 rings (SSSR count). The van der Waals surface area contributed by atoms with E-state index in [4.69, 9.17) is 10.5 Å². The summed E-state index contributed by atoms with van der Waals surface area (Å²) in [5, 5.41) is 9.82. The van der Waals surface area contributed by atoms with Crippen LogP contribution in [-0.4, -0.2) is 30.2 Å². The summed E-state index contributed by atoms with van der Waals surface area (Å²) < 4.78 is 5.40. The Bertz CT molecular complexity index is 358. The van der Waals surface area contributed by atoms with Crippen molar-refractivity contribution in [3.8, 4) is 0 Å². The lowest BCUT2D eigenvalue weighted by Gasteiger charge is -2.12. The van der Waals surface area contributed by atoms with Gasteiger partial charge in [-0.05, 0) is 31.0 Å². The van der Waals surface area contributed by atoms with E-state index in [1.54, 1.807) is 11.8 Å². The summed E-state index contributed by atoms with van der Waals surface area (Å²) in [5.74, 6) is 0.647. The summed E-state index contributed by atoms with van der Waals surface area (Å²) in [6.45, 7) is 5.25. The fourth-order valence-electron chi connectivity index (χ4n) is 1.59. The van der Waals surface area contributed by atoms with Gasteiger partial charge in [0.15, 0.2) is 0 Å². The first-order chi connectivity index (χ1) is 9.13. The first-order valence-electron chi connectivity index (χ1n) is 6.87. The van der Waals surface area contributed by atoms with E-state index < -0.39 is 6.10 Å². The highest BCUT2D eigenvalue weighted by Gasteiger charge is 2.06. The average molecular weight is 283 g/mol. The van der Waals surface area contributed by atoms with Gasteiger partial charge in [0.25, 0.3) is 0 Å². The van der Waals surface area contributed by atoms with Gasteiger partial charge in [-0.1, -0.05) is 25.5 Å². The Morgan fingerprint density at radius 1 is 1.42 bits per heavy atom. The van der Waals surface area contributed by atoms with Crippen LogP contribution < -0.4 is 5.73 Å². The van der Waals surface area contributed by atoms with Crippen LogP contribution in [0.1, 0.15) is 38.3 Å². The van der Waals surface area contributed by atoms with Crippen LogP contribution >= 0.6 is 11.8 Å². The highest BCUT2D eigenvalue weighted by atomic mass is 32.2. The predicted molar refractivity (Wildman–Crippen MR) is 81.5 cm³/mol. The van der Waals surface area contributed by atoms with Gasteiger partial charge in [-0.3, -0.25) is 0 Å². The van der Waals surface area contributed by atoms with Gasteiger partial charge in [-0.15, -0.1) is 11.8 Å². The number of aliphatic hydroxyl groups excluding tert-OH is 1. The molecule has 0 aliphatic heterocycles. The van der Waals surface area contributed by atoms with E-state index in [-0.39, 0.29) is 6.04 Å². The molecular weight excluding hydrogens is 258 g/mol. The summed E-state index contributed by atoms with van der Waals surface area (Å²) in [7, 11) is 0. The third kappa shape index (κ3) is 6.97. The summed E-state index contributed by atoms with van der Waals surface area (Å²) in [6.07, 6.45) is 1.76. The van der Waals surface area contributed by atoms with Gasteiger partial charge < -0.3 is 15.6 Å². The zero-order valence-corrected chi connectivity index (χ0v) is 12.7. The number of aliphatic hydroxyl groups is 1. The maximum Gasteiger partial charge on any atom is 0.0867 e. The second-order valence-corrected chi connectivity index (χ2v) is 5.85. The van der Waals surface area contributed by atoms with Crippen molar-refractivity contribution in [1.82, 2.24) is 0 Å². The highest BCUT2D eigenvalue weighted by molar-refractivity contribution is 7.99. The number of hydrogen-bond acceptors (Lipinski definition) is 4. The second-order valence-electron chi connectivity index (χ2n) is 4.75. The molecule has 2 unspecified atom stereocenters. The lowest BCUT2D eigenvalue weighted by atomic mass is 10.1. The molecule has 0 radical (unpaired) electrons. The molecule has 0 bridgehead atoms. The van der Waals surface area contributed by atoms with E-state index in [0.717, 1.165) is 29.9 Å². The van der Waals surface area contributed by atoms with Crippen molar-refractivity contribution in [2.24, 2.45) is 5.73 Å². The van der Waals surface area contributed by atoms with Crippen LogP contribution in [0.25, 0.3) is 0 Å². The van der Waals surface area contributed by atoms with Gasteiger partial charge in [-0.2, -0.15) is 0 Å². The molecule has 3 nitrogen and oxygen atoms in total. The normalized spacial score (nSPS) is 14.3. The number of benzene rings is 1. The Hall–Kier alpha value is -0.550. The molecule has 0 amide bonds. The molecule has 108 valence electrons. The third-order valence-corrected chi connectivity index (χ3v) is 3.92. The first-order valence-corrected chi connectivity index (χ1v) is 7.86. The van der Waals surface area contributed by atoms with Gasteiger partial charge in [0, 0.05) is 23.3 Å². The van der Waals surface area contributed by atoms with Crippen molar-refractivity contribution in [1.29, 1.82) is 0 Å². The van der Waals surface area contributed by atoms with Crippen LogP contribution in [0, 0.1) is 0 Å². The number of rotatable bonds is 9. The first kappa shape index (κ1) is 16.5. The lowest BCUT2D eigenvalue weighted by molar-refractivity contribution is 0.0473. The molecule has 0 aliphatic rings. The van der Waals surface area contributed by atoms with E-state index in [2.05, 4.69) is 13.0 Å². The van der Waals surface area contributed by atoms with E-state index in [0.29, 0.717) is 12.4 Å². The van der Waals surface area contributed by atoms with Gasteiger partial charge in [0.1, 0.15) is 0 Å². The quantitative estimate of drug-likeness (QED) is 0.540. The Balaban J connectivity index is 2.29. The molecule has 0 saturated heterocycles. The Kier molecular flexibility index (Phi) is 8.14.